The molecule has 0 aliphatic rings. The van der Waals surface area contributed by atoms with Crippen LogP contribution >= 0.6 is 0 Å². The lowest BCUT2D eigenvalue weighted by Crippen LogP contribution is -1.95. The Labute approximate surface area is 86.3 Å². The summed E-state index contributed by atoms with van der Waals surface area (Å²) >= 11 is 0. The van der Waals surface area contributed by atoms with Gasteiger partial charge in [0.2, 0.25) is 0 Å². The highest BCUT2D eigenvalue weighted by Gasteiger charge is 2.12. The monoisotopic (exact) mass is 210 g/mol. The molecule has 2 aromatic rings. The molecule has 0 aliphatic carbocycles. The van der Waals surface area contributed by atoms with Crippen molar-refractivity contribution in [3.63, 3.8) is 0 Å². The molecule has 0 aliphatic heterocycles. The number of nitrogens with zero attached hydrogens (tertiary/aromatic N) is 1. The van der Waals surface area contributed by atoms with E-state index in [2.05, 4.69) is 9.97 Å². The zero-order valence-corrected chi connectivity index (χ0v) is 8.64. The Morgan fingerprint density at radius 2 is 2.07 bits per heavy atom. The van der Waals surface area contributed by atoms with Crippen LogP contribution in [0.4, 0.5) is 8.78 Å². The summed E-state index contributed by atoms with van der Waals surface area (Å²) in [5, 5.41) is 0. The number of rotatable bonds is 2. The molecular weight excluding hydrogens is 198 g/mol. The van der Waals surface area contributed by atoms with Gasteiger partial charge in [-0.05, 0) is 18.1 Å². The minimum Gasteiger partial charge on any atom is -0.342 e. The van der Waals surface area contributed by atoms with Gasteiger partial charge in [-0.15, -0.1) is 0 Å². The maximum absolute atomic E-state index is 13.3. The fraction of sp³-hybridized carbons (Fsp3) is 0.364. The Morgan fingerprint density at radius 3 is 2.73 bits per heavy atom. The normalized spacial score (nSPS) is 11.5. The lowest BCUT2D eigenvalue weighted by Gasteiger charge is -1.98. The Hall–Kier alpha value is -1.45. The van der Waals surface area contributed by atoms with Crippen LogP contribution in [0, 0.1) is 17.6 Å². The highest BCUT2D eigenvalue weighted by atomic mass is 19.2. The van der Waals surface area contributed by atoms with Crippen LogP contribution in [0.2, 0.25) is 0 Å². The summed E-state index contributed by atoms with van der Waals surface area (Å²) in [6, 6.07) is 2.61. The molecule has 0 unspecified atom stereocenters. The third-order valence-electron chi connectivity index (χ3n) is 2.20. The summed E-state index contributed by atoms with van der Waals surface area (Å²) in [4.78, 5) is 7.02. The largest absolute Gasteiger partial charge is 0.342 e. The van der Waals surface area contributed by atoms with Gasteiger partial charge in [0, 0.05) is 6.42 Å². The van der Waals surface area contributed by atoms with E-state index in [-0.39, 0.29) is 5.52 Å². The maximum Gasteiger partial charge on any atom is 0.186 e. The first kappa shape index (κ1) is 10.1. The van der Waals surface area contributed by atoms with Gasteiger partial charge in [0.1, 0.15) is 11.3 Å². The zero-order chi connectivity index (χ0) is 11.0. The van der Waals surface area contributed by atoms with E-state index in [0.717, 1.165) is 12.5 Å². The number of halogens is 2. The number of benzene rings is 1. The van der Waals surface area contributed by atoms with Gasteiger partial charge in [-0.3, -0.25) is 0 Å². The van der Waals surface area contributed by atoms with E-state index in [1.54, 1.807) is 0 Å². The van der Waals surface area contributed by atoms with E-state index in [1.807, 2.05) is 13.8 Å². The van der Waals surface area contributed by atoms with Crippen LogP contribution in [0.25, 0.3) is 11.0 Å². The molecule has 0 fully saturated rings. The fourth-order valence-corrected chi connectivity index (χ4v) is 1.55. The average Bonchev–Trinajstić information content (AvgIpc) is 2.54. The van der Waals surface area contributed by atoms with Crippen LogP contribution in [-0.2, 0) is 6.42 Å². The van der Waals surface area contributed by atoms with Gasteiger partial charge in [-0.25, -0.2) is 13.8 Å². The standard InChI is InChI=1S/C11H12F2N2/c1-6(2)5-9-14-8-4-3-7(12)10(13)11(8)15-9/h3-4,6H,5H2,1-2H3,(H,14,15). The van der Waals surface area contributed by atoms with E-state index in [4.69, 9.17) is 0 Å². The van der Waals surface area contributed by atoms with Crippen LogP contribution in [0.1, 0.15) is 19.7 Å². The summed E-state index contributed by atoms with van der Waals surface area (Å²) in [5.74, 6) is -0.605. The van der Waals surface area contributed by atoms with Crippen LogP contribution in [0.15, 0.2) is 12.1 Å². The summed E-state index contributed by atoms with van der Waals surface area (Å²) in [5.41, 5.74) is 0.634. The van der Waals surface area contributed by atoms with Gasteiger partial charge in [-0.2, -0.15) is 0 Å². The lowest BCUT2D eigenvalue weighted by atomic mass is 10.1. The van der Waals surface area contributed by atoms with Crippen molar-refractivity contribution in [1.29, 1.82) is 0 Å². The molecular formula is C11H12F2N2. The highest BCUT2D eigenvalue weighted by molar-refractivity contribution is 5.75. The first-order valence-corrected chi connectivity index (χ1v) is 4.90. The molecule has 0 saturated heterocycles. The molecule has 0 atom stereocenters. The van der Waals surface area contributed by atoms with Crippen molar-refractivity contribution in [1.82, 2.24) is 9.97 Å². The van der Waals surface area contributed by atoms with Crippen molar-refractivity contribution < 1.29 is 8.78 Å². The lowest BCUT2D eigenvalue weighted by molar-refractivity contribution is 0.515. The van der Waals surface area contributed by atoms with Crippen molar-refractivity contribution in [2.24, 2.45) is 5.92 Å². The van der Waals surface area contributed by atoms with E-state index in [1.165, 1.54) is 6.07 Å². The Morgan fingerprint density at radius 1 is 1.33 bits per heavy atom. The summed E-state index contributed by atoms with van der Waals surface area (Å²) in [6.45, 7) is 4.09. The van der Waals surface area contributed by atoms with Crippen molar-refractivity contribution in [3.8, 4) is 0 Å². The minimum absolute atomic E-state index is 0.0886. The fourth-order valence-electron chi connectivity index (χ4n) is 1.55. The number of hydrogen-bond donors (Lipinski definition) is 1. The molecule has 1 heterocycles. The molecule has 0 bridgehead atoms. The number of H-pyrrole nitrogens is 1. The van der Waals surface area contributed by atoms with E-state index in [0.29, 0.717) is 17.3 Å². The average molecular weight is 210 g/mol. The van der Waals surface area contributed by atoms with Gasteiger partial charge in [0.15, 0.2) is 11.6 Å². The Kier molecular flexibility index (Phi) is 2.42. The zero-order valence-electron chi connectivity index (χ0n) is 8.64. The molecule has 15 heavy (non-hydrogen) atoms. The molecule has 1 aromatic carbocycles. The van der Waals surface area contributed by atoms with E-state index >= 15 is 0 Å². The van der Waals surface area contributed by atoms with Crippen LogP contribution in [0.5, 0.6) is 0 Å². The summed E-state index contributed by atoms with van der Waals surface area (Å²) < 4.78 is 26.2. The number of imidazole rings is 1. The molecule has 80 valence electrons. The molecule has 0 amide bonds. The number of fused-ring (bicyclic) bond motifs is 1. The first-order valence-electron chi connectivity index (χ1n) is 4.90. The number of aromatic nitrogens is 2. The van der Waals surface area contributed by atoms with Crippen molar-refractivity contribution in [2.75, 3.05) is 0 Å². The van der Waals surface area contributed by atoms with Gasteiger partial charge in [-0.1, -0.05) is 13.8 Å². The van der Waals surface area contributed by atoms with Crippen molar-refractivity contribution in [2.45, 2.75) is 20.3 Å². The quantitative estimate of drug-likeness (QED) is 0.810. The van der Waals surface area contributed by atoms with E-state index in [9.17, 15) is 8.78 Å². The second kappa shape index (κ2) is 3.61. The number of nitrogens with one attached hydrogen (secondary N) is 1. The predicted molar refractivity (Wildman–Crippen MR) is 54.6 cm³/mol. The molecule has 2 nitrogen and oxygen atoms in total. The third kappa shape index (κ3) is 1.84. The van der Waals surface area contributed by atoms with Crippen molar-refractivity contribution >= 4 is 11.0 Å². The highest BCUT2D eigenvalue weighted by Crippen LogP contribution is 2.19. The van der Waals surface area contributed by atoms with Gasteiger partial charge >= 0.3 is 0 Å². The third-order valence-corrected chi connectivity index (χ3v) is 2.20. The second-order valence-electron chi connectivity index (χ2n) is 4.04. The van der Waals surface area contributed by atoms with E-state index < -0.39 is 11.6 Å². The Bertz CT molecular complexity index is 489. The van der Waals surface area contributed by atoms with Crippen LogP contribution < -0.4 is 0 Å². The minimum atomic E-state index is -0.876. The molecule has 0 saturated carbocycles. The molecule has 0 spiro atoms. The summed E-state index contributed by atoms with van der Waals surface area (Å²) in [6.07, 6.45) is 0.732. The van der Waals surface area contributed by atoms with Gasteiger partial charge in [0.05, 0.1) is 5.52 Å². The number of hydrogen-bond acceptors (Lipinski definition) is 1. The predicted octanol–water partition coefficient (Wildman–Crippen LogP) is 3.04. The summed E-state index contributed by atoms with van der Waals surface area (Å²) in [7, 11) is 0. The van der Waals surface area contributed by atoms with Crippen LogP contribution in [0.3, 0.4) is 0 Å². The topological polar surface area (TPSA) is 28.7 Å². The molecule has 1 aromatic heterocycles. The Balaban J connectivity index is 2.51. The van der Waals surface area contributed by atoms with Crippen LogP contribution in [-0.4, -0.2) is 9.97 Å². The molecule has 1 N–H and O–H groups in total. The smallest absolute Gasteiger partial charge is 0.186 e. The molecule has 0 radical (unpaired) electrons. The number of aromatic amines is 1. The molecule has 2 rings (SSSR count). The van der Waals surface area contributed by atoms with Gasteiger partial charge in [0.25, 0.3) is 0 Å². The van der Waals surface area contributed by atoms with Gasteiger partial charge < -0.3 is 4.98 Å². The second-order valence-corrected chi connectivity index (χ2v) is 4.04. The van der Waals surface area contributed by atoms with Crippen molar-refractivity contribution in [3.05, 3.63) is 29.6 Å². The maximum atomic E-state index is 13.3. The first-order chi connectivity index (χ1) is 7.08. The SMILES string of the molecule is CC(C)Cc1nc2c(F)c(F)ccc2[nH]1. The molecule has 4 heteroatoms.